The Balaban J connectivity index is 1.95. The minimum Gasteiger partial charge on any atom is -0.497 e. The summed E-state index contributed by atoms with van der Waals surface area (Å²) in [4.78, 5) is 11.7. The van der Waals surface area contributed by atoms with E-state index in [0.29, 0.717) is 17.1 Å². The standard InChI is InChI=1S/C14H12N2O3S2/c1-8-15-16-14(21-8)20-7-9-5-13(17)19-12-6-10(18-2)3-4-11(9)12/h3-6H,7H2,1-2H3. The van der Waals surface area contributed by atoms with Gasteiger partial charge in [0.15, 0.2) is 4.34 Å². The maximum atomic E-state index is 11.7. The van der Waals surface area contributed by atoms with E-state index in [1.807, 2.05) is 19.1 Å². The first-order chi connectivity index (χ1) is 10.2. The fourth-order valence-electron chi connectivity index (χ4n) is 1.93. The lowest BCUT2D eigenvalue weighted by Gasteiger charge is -2.05. The first-order valence-electron chi connectivity index (χ1n) is 6.19. The number of fused-ring (bicyclic) bond motifs is 1. The van der Waals surface area contributed by atoms with E-state index < -0.39 is 0 Å². The summed E-state index contributed by atoms with van der Waals surface area (Å²) >= 11 is 3.10. The molecule has 5 nitrogen and oxygen atoms in total. The van der Waals surface area contributed by atoms with Gasteiger partial charge < -0.3 is 9.15 Å². The van der Waals surface area contributed by atoms with Crippen LogP contribution >= 0.6 is 23.1 Å². The number of rotatable bonds is 4. The van der Waals surface area contributed by atoms with Crippen molar-refractivity contribution in [3.05, 3.63) is 45.3 Å². The third-order valence-electron chi connectivity index (χ3n) is 2.90. The molecule has 1 aromatic carbocycles. The topological polar surface area (TPSA) is 65.2 Å². The zero-order chi connectivity index (χ0) is 14.8. The summed E-state index contributed by atoms with van der Waals surface area (Å²) in [5, 5.41) is 9.89. The lowest BCUT2D eigenvalue weighted by molar-refractivity contribution is 0.414. The van der Waals surface area contributed by atoms with Crippen molar-refractivity contribution in [2.75, 3.05) is 7.11 Å². The average Bonchev–Trinajstić information content (AvgIpc) is 2.89. The maximum Gasteiger partial charge on any atom is 0.336 e. The number of benzene rings is 1. The summed E-state index contributed by atoms with van der Waals surface area (Å²) in [5.41, 5.74) is 1.09. The van der Waals surface area contributed by atoms with Crippen LogP contribution in [0.15, 0.2) is 37.8 Å². The van der Waals surface area contributed by atoms with Crippen LogP contribution in [-0.2, 0) is 5.75 Å². The molecule has 0 N–H and O–H groups in total. The summed E-state index contributed by atoms with van der Waals surface area (Å²) in [7, 11) is 1.58. The van der Waals surface area contributed by atoms with Gasteiger partial charge in [-0.3, -0.25) is 0 Å². The molecular weight excluding hydrogens is 308 g/mol. The molecule has 0 radical (unpaired) electrons. The molecular formula is C14H12N2O3S2. The molecule has 0 aliphatic carbocycles. The van der Waals surface area contributed by atoms with Crippen LogP contribution in [0.5, 0.6) is 5.75 Å². The van der Waals surface area contributed by atoms with Crippen molar-refractivity contribution in [1.82, 2.24) is 10.2 Å². The van der Waals surface area contributed by atoms with E-state index in [1.54, 1.807) is 36.3 Å². The molecule has 0 amide bonds. The number of nitrogens with zero attached hydrogens (tertiary/aromatic N) is 2. The molecule has 0 unspecified atom stereocenters. The number of thioether (sulfide) groups is 1. The van der Waals surface area contributed by atoms with E-state index in [9.17, 15) is 4.79 Å². The van der Waals surface area contributed by atoms with Crippen LogP contribution in [0.4, 0.5) is 0 Å². The number of aryl methyl sites for hydroxylation is 1. The monoisotopic (exact) mass is 320 g/mol. The molecule has 0 aliphatic heterocycles. The Morgan fingerprint density at radius 1 is 1.33 bits per heavy atom. The zero-order valence-corrected chi connectivity index (χ0v) is 13.1. The van der Waals surface area contributed by atoms with E-state index in [4.69, 9.17) is 9.15 Å². The predicted octanol–water partition coefficient (Wildman–Crippen LogP) is 3.25. The summed E-state index contributed by atoms with van der Waals surface area (Å²) in [6.45, 7) is 1.92. The second-order valence-electron chi connectivity index (χ2n) is 4.33. The van der Waals surface area contributed by atoms with Crippen molar-refractivity contribution >= 4 is 34.1 Å². The largest absolute Gasteiger partial charge is 0.497 e. The molecule has 0 spiro atoms. The van der Waals surface area contributed by atoms with Gasteiger partial charge >= 0.3 is 5.63 Å². The number of hydrogen-bond acceptors (Lipinski definition) is 7. The van der Waals surface area contributed by atoms with Crippen LogP contribution in [0.1, 0.15) is 10.6 Å². The molecule has 0 saturated heterocycles. The summed E-state index contributed by atoms with van der Waals surface area (Å²) in [5.74, 6) is 1.30. The molecule has 2 aromatic heterocycles. The van der Waals surface area contributed by atoms with Gasteiger partial charge in [0, 0.05) is 23.3 Å². The second-order valence-corrected chi connectivity index (χ2v) is 6.73. The summed E-state index contributed by atoms with van der Waals surface area (Å²) in [6, 6.07) is 7.00. The van der Waals surface area contributed by atoms with Gasteiger partial charge in [-0.15, -0.1) is 10.2 Å². The molecule has 0 bridgehead atoms. The average molecular weight is 320 g/mol. The van der Waals surface area contributed by atoms with E-state index in [1.165, 1.54) is 6.07 Å². The Kier molecular flexibility index (Phi) is 3.94. The molecule has 0 fully saturated rings. The minimum atomic E-state index is -0.361. The van der Waals surface area contributed by atoms with Gasteiger partial charge in [-0.05, 0) is 24.6 Å². The molecule has 7 heteroatoms. The Hall–Kier alpha value is -1.86. The highest BCUT2D eigenvalue weighted by molar-refractivity contribution is 8.00. The van der Waals surface area contributed by atoms with Crippen LogP contribution < -0.4 is 10.4 Å². The van der Waals surface area contributed by atoms with E-state index in [-0.39, 0.29) is 5.63 Å². The van der Waals surface area contributed by atoms with Crippen LogP contribution in [0.25, 0.3) is 11.0 Å². The molecule has 0 saturated carbocycles. The number of hydrogen-bond donors (Lipinski definition) is 0. The van der Waals surface area contributed by atoms with Crippen LogP contribution in [0.3, 0.4) is 0 Å². The zero-order valence-electron chi connectivity index (χ0n) is 11.5. The quantitative estimate of drug-likeness (QED) is 0.543. The van der Waals surface area contributed by atoms with E-state index in [2.05, 4.69) is 10.2 Å². The lowest BCUT2D eigenvalue weighted by Crippen LogP contribution is -2.00. The highest BCUT2D eigenvalue weighted by Crippen LogP contribution is 2.29. The third-order valence-corrected chi connectivity index (χ3v) is 4.92. The molecule has 2 heterocycles. The molecule has 21 heavy (non-hydrogen) atoms. The number of methoxy groups -OCH3 is 1. The SMILES string of the molecule is COc1ccc2c(CSc3nnc(C)s3)cc(=O)oc2c1. The Labute approximate surface area is 129 Å². The molecule has 3 aromatic rings. The first kappa shape index (κ1) is 14.1. The van der Waals surface area contributed by atoms with Gasteiger partial charge in [-0.25, -0.2) is 4.79 Å². The van der Waals surface area contributed by atoms with E-state index in [0.717, 1.165) is 20.3 Å². The molecule has 0 atom stereocenters. The van der Waals surface area contributed by atoms with Gasteiger partial charge in [0.2, 0.25) is 0 Å². The Bertz CT molecular complexity index is 842. The summed E-state index contributed by atoms with van der Waals surface area (Å²) < 4.78 is 11.3. The van der Waals surface area contributed by atoms with Gasteiger partial charge in [0.1, 0.15) is 16.3 Å². The van der Waals surface area contributed by atoms with Gasteiger partial charge in [0.05, 0.1) is 7.11 Å². The fourth-order valence-corrected chi connectivity index (χ4v) is 3.74. The van der Waals surface area contributed by atoms with Crippen molar-refractivity contribution in [2.45, 2.75) is 17.0 Å². The normalized spacial score (nSPS) is 11.0. The molecule has 3 rings (SSSR count). The minimum absolute atomic E-state index is 0.361. The maximum absolute atomic E-state index is 11.7. The van der Waals surface area contributed by atoms with Crippen LogP contribution in [0, 0.1) is 6.92 Å². The number of aromatic nitrogens is 2. The fraction of sp³-hybridized carbons (Fsp3) is 0.214. The molecule has 108 valence electrons. The first-order valence-corrected chi connectivity index (χ1v) is 7.99. The third kappa shape index (κ3) is 3.08. The van der Waals surface area contributed by atoms with Crippen molar-refractivity contribution in [1.29, 1.82) is 0 Å². The number of ether oxygens (including phenoxy) is 1. The summed E-state index contributed by atoms with van der Waals surface area (Å²) in [6.07, 6.45) is 0. The highest BCUT2D eigenvalue weighted by Gasteiger charge is 2.09. The second kappa shape index (κ2) is 5.87. The van der Waals surface area contributed by atoms with Gasteiger partial charge in [-0.1, -0.05) is 23.1 Å². The van der Waals surface area contributed by atoms with Crippen LogP contribution in [0.2, 0.25) is 0 Å². The van der Waals surface area contributed by atoms with Crippen molar-refractivity contribution in [3.8, 4) is 5.75 Å². The van der Waals surface area contributed by atoms with Crippen molar-refractivity contribution in [2.24, 2.45) is 0 Å². The van der Waals surface area contributed by atoms with Gasteiger partial charge in [-0.2, -0.15) is 0 Å². The Morgan fingerprint density at radius 2 is 2.19 bits per heavy atom. The van der Waals surface area contributed by atoms with Gasteiger partial charge in [0.25, 0.3) is 0 Å². The van der Waals surface area contributed by atoms with E-state index >= 15 is 0 Å². The van der Waals surface area contributed by atoms with Crippen molar-refractivity contribution in [3.63, 3.8) is 0 Å². The Morgan fingerprint density at radius 3 is 2.90 bits per heavy atom. The van der Waals surface area contributed by atoms with Crippen molar-refractivity contribution < 1.29 is 9.15 Å². The predicted molar refractivity (Wildman–Crippen MR) is 83.2 cm³/mol. The molecule has 0 aliphatic rings. The lowest BCUT2D eigenvalue weighted by atomic mass is 10.1. The van der Waals surface area contributed by atoms with Crippen LogP contribution in [-0.4, -0.2) is 17.3 Å². The smallest absolute Gasteiger partial charge is 0.336 e. The highest BCUT2D eigenvalue weighted by atomic mass is 32.2.